The van der Waals surface area contributed by atoms with Gasteiger partial charge in [0.2, 0.25) is 0 Å². The number of rotatable bonds is 0. The summed E-state index contributed by atoms with van der Waals surface area (Å²) in [5.41, 5.74) is 5.55. The summed E-state index contributed by atoms with van der Waals surface area (Å²) >= 11 is 0. The molecular formula is C22H20. The predicted molar refractivity (Wildman–Crippen MR) is 96.4 cm³/mol. The number of hydrogen-bond acceptors (Lipinski definition) is 0. The van der Waals surface area contributed by atoms with E-state index in [1.165, 1.54) is 22.3 Å². The maximum atomic E-state index is 2.20. The Labute approximate surface area is 132 Å². The third kappa shape index (κ3) is 3.73. The second-order valence-corrected chi connectivity index (χ2v) is 5.38. The van der Waals surface area contributed by atoms with Gasteiger partial charge in [-0.05, 0) is 35.1 Å². The molecule has 0 aromatic heterocycles. The Hall–Kier alpha value is -2.60. The second kappa shape index (κ2) is 7.42. The molecule has 0 heteroatoms. The summed E-state index contributed by atoms with van der Waals surface area (Å²) in [6.07, 6.45) is 36.1. The molecule has 4 rings (SSSR count). The van der Waals surface area contributed by atoms with E-state index in [1.807, 2.05) is 12.2 Å². The molecule has 4 aliphatic carbocycles. The van der Waals surface area contributed by atoms with Crippen molar-refractivity contribution in [2.45, 2.75) is 12.8 Å². The van der Waals surface area contributed by atoms with E-state index in [0.29, 0.717) is 0 Å². The van der Waals surface area contributed by atoms with Crippen LogP contribution >= 0.6 is 0 Å². The third-order valence-electron chi connectivity index (χ3n) is 3.82. The van der Waals surface area contributed by atoms with E-state index in [9.17, 15) is 0 Å². The fraction of sp³-hybridized carbons (Fsp3) is 0.0909. The van der Waals surface area contributed by atoms with Gasteiger partial charge >= 0.3 is 0 Å². The highest BCUT2D eigenvalue weighted by Gasteiger charge is 2.03. The van der Waals surface area contributed by atoms with Gasteiger partial charge in [0.1, 0.15) is 0 Å². The van der Waals surface area contributed by atoms with Crippen LogP contribution in [0.15, 0.2) is 120 Å². The lowest BCUT2D eigenvalue weighted by Gasteiger charge is -1.96. The summed E-state index contributed by atoms with van der Waals surface area (Å²) in [4.78, 5) is 0. The van der Waals surface area contributed by atoms with Gasteiger partial charge in [-0.25, -0.2) is 0 Å². The lowest BCUT2D eigenvalue weighted by Crippen LogP contribution is -1.77. The maximum Gasteiger partial charge on any atom is -0.00882 e. The van der Waals surface area contributed by atoms with Crippen LogP contribution in [0.5, 0.6) is 0 Å². The summed E-state index contributed by atoms with van der Waals surface area (Å²) < 4.78 is 0. The summed E-state index contributed by atoms with van der Waals surface area (Å²) in [6.45, 7) is 0. The molecule has 0 radical (unpaired) electrons. The van der Waals surface area contributed by atoms with Crippen LogP contribution in [0.1, 0.15) is 12.8 Å². The molecule has 0 saturated carbocycles. The van der Waals surface area contributed by atoms with Crippen molar-refractivity contribution >= 4 is 0 Å². The minimum Gasteiger partial charge on any atom is -0.0795 e. The first kappa shape index (κ1) is 14.3. The van der Waals surface area contributed by atoms with Gasteiger partial charge in [-0.2, -0.15) is 0 Å². The fourth-order valence-corrected chi connectivity index (χ4v) is 2.65. The van der Waals surface area contributed by atoms with Gasteiger partial charge in [-0.1, -0.05) is 97.2 Å². The summed E-state index contributed by atoms with van der Waals surface area (Å²) in [6, 6.07) is 0. The van der Waals surface area contributed by atoms with E-state index in [0.717, 1.165) is 12.8 Å². The first-order valence-corrected chi connectivity index (χ1v) is 7.76. The van der Waals surface area contributed by atoms with Crippen molar-refractivity contribution in [2.75, 3.05) is 0 Å². The van der Waals surface area contributed by atoms with E-state index in [4.69, 9.17) is 0 Å². The monoisotopic (exact) mass is 284 g/mol. The molecule has 0 fully saturated rings. The topological polar surface area (TPSA) is 0 Å². The Morgan fingerprint density at radius 2 is 0.818 bits per heavy atom. The molecule has 22 heavy (non-hydrogen) atoms. The van der Waals surface area contributed by atoms with Crippen molar-refractivity contribution in [3.8, 4) is 0 Å². The standard InChI is InChI=1S/2C11H10/c2*1-2-4-7-11-9-5-8-10(11)6-3-1/h2*1-8H,9H2. The van der Waals surface area contributed by atoms with Crippen LogP contribution in [0.2, 0.25) is 0 Å². The molecule has 0 unspecified atom stereocenters. The van der Waals surface area contributed by atoms with Gasteiger partial charge in [-0.3, -0.25) is 0 Å². The van der Waals surface area contributed by atoms with Crippen molar-refractivity contribution < 1.29 is 0 Å². The highest BCUT2D eigenvalue weighted by atomic mass is 14.1. The molecule has 0 aromatic rings. The van der Waals surface area contributed by atoms with Crippen molar-refractivity contribution in [2.24, 2.45) is 0 Å². The smallest absolute Gasteiger partial charge is 0.00882 e. The van der Waals surface area contributed by atoms with Crippen LogP contribution in [0, 0.1) is 0 Å². The zero-order chi connectivity index (χ0) is 15.0. The van der Waals surface area contributed by atoms with E-state index < -0.39 is 0 Å². The van der Waals surface area contributed by atoms with Crippen LogP contribution in [-0.2, 0) is 0 Å². The van der Waals surface area contributed by atoms with Gasteiger partial charge < -0.3 is 0 Å². The zero-order valence-electron chi connectivity index (χ0n) is 12.7. The second-order valence-electron chi connectivity index (χ2n) is 5.38. The Morgan fingerprint density at radius 3 is 1.27 bits per heavy atom. The Balaban J connectivity index is 0.000000131. The molecule has 0 spiro atoms. The van der Waals surface area contributed by atoms with Gasteiger partial charge in [0.05, 0.1) is 0 Å². The molecule has 0 heterocycles. The largest absolute Gasteiger partial charge is 0.0795 e. The Kier molecular flexibility index (Phi) is 4.84. The van der Waals surface area contributed by atoms with E-state index in [1.54, 1.807) is 0 Å². The fourth-order valence-electron chi connectivity index (χ4n) is 2.65. The SMILES string of the molecule is C1=CC=CC2=C(C=C1)C=CC2.C1=CC=CC2=C(C=C1)C=CC2. The minimum absolute atomic E-state index is 1.09. The third-order valence-corrected chi connectivity index (χ3v) is 3.82. The van der Waals surface area contributed by atoms with Gasteiger partial charge in [-0.15, -0.1) is 0 Å². The summed E-state index contributed by atoms with van der Waals surface area (Å²) in [5.74, 6) is 0. The summed E-state index contributed by atoms with van der Waals surface area (Å²) in [7, 11) is 0. The lowest BCUT2D eigenvalue weighted by atomic mass is 10.1. The highest BCUT2D eigenvalue weighted by Crippen LogP contribution is 2.22. The van der Waals surface area contributed by atoms with Gasteiger partial charge in [0, 0.05) is 0 Å². The molecule has 0 amide bonds. The van der Waals surface area contributed by atoms with Crippen molar-refractivity contribution in [1.29, 1.82) is 0 Å². The van der Waals surface area contributed by atoms with Crippen LogP contribution in [0.3, 0.4) is 0 Å². The molecule has 0 nitrogen and oxygen atoms in total. The molecule has 0 bridgehead atoms. The van der Waals surface area contributed by atoms with Crippen LogP contribution < -0.4 is 0 Å². The molecule has 108 valence electrons. The zero-order valence-corrected chi connectivity index (χ0v) is 12.7. The number of allylic oxidation sites excluding steroid dienone is 20. The molecule has 0 saturated heterocycles. The van der Waals surface area contributed by atoms with Crippen molar-refractivity contribution in [3.63, 3.8) is 0 Å². The van der Waals surface area contributed by atoms with E-state index in [2.05, 4.69) is 85.1 Å². The molecule has 0 atom stereocenters. The quantitative estimate of drug-likeness (QED) is 0.523. The molecule has 0 N–H and O–H groups in total. The number of hydrogen-bond donors (Lipinski definition) is 0. The van der Waals surface area contributed by atoms with Crippen LogP contribution in [-0.4, -0.2) is 0 Å². The summed E-state index contributed by atoms with van der Waals surface area (Å²) in [5, 5.41) is 0. The molecule has 0 aromatic carbocycles. The molecule has 0 aliphatic heterocycles. The van der Waals surface area contributed by atoms with Crippen LogP contribution in [0.25, 0.3) is 0 Å². The Bertz CT molecular complexity index is 656. The minimum atomic E-state index is 1.09. The van der Waals surface area contributed by atoms with Crippen molar-refractivity contribution in [3.05, 3.63) is 120 Å². The molecule has 4 aliphatic rings. The highest BCUT2D eigenvalue weighted by molar-refractivity contribution is 5.49. The van der Waals surface area contributed by atoms with Crippen molar-refractivity contribution in [1.82, 2.24) is 0 Å². The van der Waals surface area contributed by atoms with Gasteiger partial charge in [0.25, 0.3) is 0 Å². The maximum absolute atomic E-state index is 2.20. The first-order chi connectivity index (χ1) is 10.9. The first-order valence-electron chi connectivity index (χ1n) is 7.76. The lowest BCUT2D eigenvalue weighted by molar-refractivity contribution is 1.32. The van der Waals surface area contributed by atoms with E-state index in [-0.39, 0.29) is 0 Å². The van der Waals surface area contributed by atoms with E-state index >= 15 is 0 Å². The Morgan fingerprint density at radius 1 is 0.409 bits per heavy atom. The molecular weight excluding hydrogens is 264 g/mol. The van der Waals surface area contributed by atoms with Gasteiger partial charge in [0.15, 0.2) is 0 Å². The average Bonchev–Trinajstić information content (AvgIpc) is 3.08. The predicted octanol–water partition coefficient (Wildman–Crippen LogP) is 5.85. The normalized spacial score (nSPS) is 20.4. The van der Waals surface area contributed by atoms with Crippen LogP contribution in [0.4, 0.5) is 0 Å². The average molecular weight is 284 g/mol.